The molecule has 0 amide bonds. The van der Waals surface area contributed by atoms with Gasteiger partial charge in [-0.2, -0.15) is 10.2 Å². The number of halogens is 2. The highest BCUT2D eigenvalue weighted by Gasteiger charge is 2.18. The van der Waals surface area contributed by atoms with Gasteiger partial charge in [-0.1, -0.05) is 13.0 Å². The van der Waals surface area contributed by atoms with Crippen LogP contribution in [0.25, 0.3) is 0 Å². The zero-order valence-corrected chi connectivity index (χ0v) is 15.8. The van der Waals surface area contributed by atoms with E-state index in [2.05, 4.69) is 9.97 Å². The van der Waals surface area contributed by atoms with Gasteiger partial charge in [-0.05, 0) is 36.4 Å². The van der Waals surface area contributed by atoms with Crippen LogP contribution in [0, 0.1) is 23.0 Å². The smallest absolute Gasteiger partial charge is 0.264 e. The van der Waals surface area contributed by atoms with E-state index in [1.807, 2.05) is 0 Å². The standard InChI is InChI=1S/C19H13F2N3O4S/c1-2-29(25,26)17-9-7-13(11-23-17)27-16-8-6-12(10-22)24-19(16)28-18-14(20)4-3-5-15(18)21/h3-9,11H,2H2,1H3. The van der Waals surface area contributed by atoms with Crippen LogP contribution < -0.4 is 9.47 Å². The van der Waals surface area contributed by atoms with Crippen LogP contribution in [0.15, 0.2) is 53.7 Å². The van der Waals surface area contributed by atoms with Gasteiger partial charge in [-0.3, -0.25) is 0 Å². The fourth-order valence-electron chi connectivity index (χ4n) is 2.20. The topological polar surface area (TPSA) is 102 Å². The van der Waals surface area contributed by atoms with Crippen LogP contribution >= 0.6 is 0 Å². The third-order valence-corrected chi connectivity index (χ3v) is 5.33. The minimum absolute atomic E-state index is 0.0560. The zero-order valence-electron chi connectivity index (χ0n) is 15.0. The third kappa shape index (κ3) is 4.47. The average Bonchev–Trinajstić information content (AvgIpc) is 2.72. The van der Waals surface area contributed by atoms with Crippen molar-refractivity contribution in [2.45, 2.75) is 11.9 Å². The molecule has 0 aliphatic heterocycles. The molecule has 0 spiro atoms. The first-order chi connectivity index (χ1) is 13.8. The Balaban J connectivity index is 1.95. The number of sulfone groups is 1. The van der Waals surface area contributed by atoms with Crippen molar-refractivity contribution in [2.75, 3.05) is 5.75 Å². The molecule has 0 unspecified atom stereocenters. The molecule has 0 aliphatic rings. The molecule has 0 saturated carbocycles. The van der Waals surface area contributed by atoms with Gasteiger partial charge in [0, 0.05) is 0 Å². The summed E-state index contributed by atoms with van der Waals surface area (Å²) < 4.78 is 62.2. The number of nitrogens with zero attached hydrogens (tertiary/aromatic N) is 3. The maximum atomic E-state index is 13.9. The number of aromatic nitrogens is 2. The molecule has 0 N–H and O–H groups in total. The number of ether oxygens (including phenoxy) is 2. The number of pyridine rings is 2. The first-order valence-corrected chi connectivity index (χ1v) is 9.89. The number of nitriles is 1. The highest BCUT2D eigenvalue weighted by Crippen LogP contribution is 2.35. The van der Waals surface area contributed by atoms with Crippen molar-refractivity contribution in [1.29, 1.82) is 5.26 Å². The van der Waals surface area contributed by atoms with Crippen molar-refractivity contribution < 1.29 is 26.7 Å². The van der Waals surface area contributed by atoms with Crippen LogP contribution in [-0.2, 0) is 9.84 Å². The lowest BCUT2D eigenvalue weighted by Crippen LogP contribution is -2.05. The normalized spacial score (nSPS) is 11.0. The van der Waals surface area contributed by atoms with Crippen LogP contribution in [-0.4, -0.2) is 24.1 Å². The third-order valence-electron chi connectivity index (χ3n) is 3.69. The Morgan fingerprint density at radius 1 is 1.07 bits per heavy atom. The highest BCUT2D eigenvalue weighted by atomic mass is 32.2. The van der Waals surface area contributed by atoms with E-state index in [9.17, 15) is 17.2 Å². The van der Waals surface area contributed by atoms with Gasteiger partial charge >= 0.3 is 0 Å². The first kappa shape index (κ1) is 20.2. The SMILES string of the molecule is CCS(=O)(=O)c1ccc(Oc2ccc(C#N)nc2Oc2c(F)cccc2F)cn1. The van der Waals surface area contributed by atoms with E-state index in [1.54, 1.807) is 6.07 Å². The fraction of sp³-hybridized carbons (Fsp3) is 0.105. The van der Waals surface area contributed by atoms with Gasteiger partial charge in [-0.25, -0.2) is 22.2 Å². The summed E-state index contributed by atoms with van der Waals surface area (Å²) in [6.45, 7) is 1.50. The molecule has 29 heavy (non-hydrogen) atoms. The van der Waals surface area contributed by atoms with Gasteiger partial charge < -0.3 is 9.47 Å². The van der Waals surface area contributed by atoms with Gasteiger partial charge in [0.05, 0.1) is 11.9 Å². The molecule has 0 bridgehead atoms. The number of hydrogen-bond donors (Lipinski definition) is 0. The predicted octanol–water partition coefficient (Wildman–Crippen LogP) is 4.00. The van der Waals surface area contributed by atoms with Crippen molar-refractivity contribution in [2.24, 2.45) is 0 Å². The van der Waals surface area contributed by atoms with E-state index in [0.29, 0.717) is 0 Å². The molecule has 3 rings (SSSR count). The van der Waals surface area contributed by atoms with E-state index in [1.165, 1.54) is 43.5 Å². The van der Waals surface area contributed by atoms with Crippen LogP contribution in [0.5, 0.6) is 23.1 Å². The Morgan fingerprint density at radius 3 is 2.38 bits per heavy atom. The highest BCUT2D eigenvalue weighted by molar-refractivity contribution is 7.91. The van der Waals surface area contributed by atoms with Gasteiger partial charge in [0.2, 0.25) is 5.75 Å². The summed E-state index contributed by atoms with van der Waals surface area (Å²) in [5.74, 6) is -3.01. The van der Waals surface area contributed by atoms with Crippen molar-refractivity contribution in [3.8, 4) is 29.2 Å². The molecule has 0 fully saturated rings. The molecule has 0 saturated heterocycles. The average molecular weight is 417 g/mol. The van der Waals surface area contributed by atoms with Crippen LogP contribution in [0.1, 0.15) is 12.6 Å². The molecule has 0 radical (unpaired) electrons. The molecule has 148 valence electrons. The van der Waals surface area contributed by atoms with Crippen molar-refractivity contribution >= 4 is 9.84 Å². The van der Waals surface area contributed by atoms with Gasteiger partial charge in [-0.15, -0.1) is 0 Å². The summed E-state index contributed by atoms with van der Waals surface area (Å²) in [6, 6.07) is 10.3. The van der Waals surface area contributed by atoms with Crippen molar-refractivity contribution in [3.05, 3.63) is 66.0 Å². The van der Waals surface area contributed by atoms with Crippen LogP contribution in [0.2, 0.25) is 0 Å². The summed E-state index contributed by atoms with van der Waals surface area (Å²) in [7, 11) is -3.48. The van der Waals surface area contributed by atoms with E-state index < -0.39 is 27.2 Å². The Bertz CT molecular complexity index is 1170. The number of rotatable bonds is 6. The van der Waals surface area contributed by atoms with Gasteiger partial charge in [0.1, 0.15) is 17.5 Å². The van der Waals surface area contributed by atoms with Crippen LogP contribution in [0.4, 0.5) is 8.78 Å². The van der Waals surface area contributed by atoms with E-state index in [0.717, 1.165) is 12.1 Å². The fourth-order valence-corrected chi connectivity index (χ4v) is 2.99. The molecular formula is C19H13F2N3O4S. The second kappa shape index (κ2) is 8.20. The molecule has 0 aliphatic carbocycles. The molecule has 0 atom stereocenters. The van der Waals surface area contributed by atoms with Crippen LogP contribution in [0.3, 0.4) is 0 Å². The molecule has 1 aromatic carbocycles. The molecule has 3 aromatic rings. The summed E-state index contributed by atoms with van der Waals surface area (Å²) in [5, 5.41) is 8.91. The monoisotopic (exact) mass is 417 g/mol. The van der Waals surface area contributed by atoms with Gasteiger partial charge in [0.15, 0.2) is 32.2 Å². The van der Waals surface area contributed by atoms with Gasteiger partial charge in [0.25, 0.3) is 5.88 Å². The van der Waals surface area contributed by atoms with E-state index in [-0.39, 0.29) is 33.9 Å². The van der Waals surface area contributed by atoms with Crippen molar-refractivity contribution in [3.63, 3.8) is 0 Å². The van der Waals surface area contributed by atoms with Crippen molar-refractivity contribution in [1.82, 2.24) is 9.97 Å². The second-order valence-electron chi connectivity index (χ2n) is 5.60. The lowest BCUT2D eigenvalue weighted by Gasteiger charge is -2.12. The minimum atomic E-state index is -3.48. The minimum Gasteiger partial charge on any atom is -0.450 e. The number of benzene rings is 1. The Kier molecular flexibility index (Phi) is 5.70. The lowest BCUT2D eigenvalue weighted by atomic mass is 10.3. The lowest BCUT2D eigenvalue weighted by molar-refractivity contribution is 0.368. The Morgan fingerprint density at radius 2 is 1.79 bits per heavy atom. The number of hydrogen-bond acceptors (Lipinski definition) is 7. The number of para-hydroxylation sites is 1. The Labute approximate surface area is 165 Å². The summed E-state index contributed by atoms with van der Waals surface area (Å²) in [5.41, 5.74) is -0.0633. The predicted molar refractivity (Wildman–Crippen MR) is 97.4 cm³/mol. The zero-order chi connectivity index (χ0) is 21.0. The molecule has 7 nitrogen and oxygen atoms in total. The Hall–Kier alpha value is -3.58. The summed E-state index contributed by atoms with van der Waals surface area (Å²) >= 11 is 0. The van der Waals surface area contributed by atoms with E-state index >= 15 is 0 Å². The molecule has 10 heteroatoms. The maximum Gasteiger partial charge on any atom is 0.264 e. The quantitative estimate of drug-likeness (QED) is 0.597. The molecule has 2 heterocycles. The molecular weight excluding hydrogens is 404 g/mol. The largest absolute Gasteiger partial charge is 0.450 e. The first-order valence-electron chi connectivity index (χ1n) is 8.23. The van der Waals surface area contributed by atoms with E-state index in [4.69, 9.17) is 14.7 Å². The maximum absolute atomic E-state index is 13.9. The molecule has 2 aromatic heterocycles. The summed E-state index contributed by atoms with van der Waals surface area (Å²) in [4.78, 5) is 7.72. The second-order valence-corrected chi connectivity index (χ2v) is 7.83. The summed E-state index contributed by atoms with van der Waals surface area (Å²) in [6.07, 6.45) is 1.17.